The van der Waals surface area contributed by atoms with Crippen LogP contribution in [0.2, 0.25) is 0 Å². The van der Waals surface area contributed by atoms with E-state index in [1.165, 1.54) is 12.8 Å². The van der Waals surface area contributed by atoms with Gasteiger partial charge in [0.25, 0.3) is 0 Å². The number of hydrogen-bond acceptors (Lipinski definition) is 3. The van der Waals surface area contributed by atoms with Crippen LogP contribution in [0.3, 0.4) is 0 Å². The maximum absolute atomic E-state index is 12.1. The summed E-state index contributed by atoms with van der Waals surface area (Å²) in [5.74, 6) is 0.835. The molecule has 0 bridgehead atoms. The van der Waals surface area contributed by atoms with Gasteiger partial charge in [-0.15, -0.1) is 12.4 Å². The Balaban J connectivity index is 0.00000242. The second kappa shape index (κ2) is 8.87. The van der Waals surface area contributed by atoms with Crippen LogP contribution in [0.5, 0.6) is 0 Å². The monoisotopic (exact) mass is 346 g/mol. The summed E-state index contributed by atoms with van der Waals surface area (Å²) in [4.78, 5) is 2.78. The van der Waals surface area contributed by atoms with Crippen molar-refractivity contribution >= 4 is 22.4 Å². The van der Waals surface area contributed by atoms with Crippen molar-refractivity contribution in [1.82, 2.24) is 9.62 Å². The Morgan fingerprint density at radius 3 is 2.36 bits per heavy atom. The fourth-order valence-electron chi connectivity index (χ4n) is 2.60. The minimum atomic E-state index is -3.36. The molecule has 1 aromatic rings. The lowest BCUT2D eigenvalue weighted by molar-refractivity contribution is 0.191. The number of hydrogen-bond donors (Lipinski definition) is 1. The van der Waals surface area contributed by atoms with Crippen molar-refractivity contribution in [3.8, 4) is 0 Å². The summed E-state index contributed by atoms with van der Waals surface area (Å²) in [6, 6.07) is 6.96. The van der Waals surface area contributed by atoms with Gasteiger partial charge < -0.3 is 4.90 Å². The lowest BCUT2D eigenvalue weighted by atomic mass is 9.99. The van der Waals surface area contributed by atoms with Gasteiger partial charge in [-0.3, -0.25) is 0 Å². The molecule has 126 valence electrons. The van der Waals surface area contributed by atoms with Gasteiger partial charge in [0, 0.05) is 6.54 Å². The number of halogens is 1. The number of piperidine rings is 1. The predicted molar refractivity (Wildman–Crippen MR) is 93.1 cm³/mol. The van der Waals surface area contributed by atoms with Crippen molar-refractivity contribution in [2.24, 2.45) is 5.92 Å². The average Bonchev–Trinajstić information content (AvgIpc) is 2.46. The van der Waals surface area contributed by atoms with E-state index in [2.05, 4.69) is 16.5 Å². The highest BCUT2D eigenvalue weighted by Crippen LogP contribution is 2.16. The zero-order valence-corrected chi connectivity index (χ0v) is 15.0. The van der Waals surface area contributed by atoms with Crippen LogP contribution in [-0.2, 0) is 10.0 Å². The lowest BCUT2D eigenvalue weighted by Crippen LogP contribution is -2.35. The number of aryl methyl sites for hydroxylation is 1. The third-order valence-corrected chi connectivity index (χ3v) is 5.63. The second-order valence-electron chi connectivity index (χ2n) is 6.09. The molecule has 1 saturated heterocycles. The molecule has 0 spiro atoms. The SMILES string of the molecule is Cc1ccc(S(=O)(=O)NCCCN2CCC(C)CC2)cc1.Cl. The van der Waals surface area contributed by atoms with E-state index in [-0.39, 0.29) is 12.4 Å². The molecule has 1 aromatic carbocycles. The van der Waals surface area contributed by atoms with Crippen molar-refractivity contribution < 1.29 is 8.42 Å². The van der Waals surface area contributed by atoms with Crippen LogP contribution in [0, 0.1) is 12.8 Å². The summed E-state index contributed by atoms with van der Waals surface area (Å²) in [6.45, 7) is 8.01. The highest BCUT2D eigenvalue weighted by Gasteiger charge is 2.16. The Bertz CT molecular complexity index is 538. The highest BCUT2D eigenvalue weighted by molar-refractivity contribution is 7.89. The van der Waals surface area contributed by atoms with Gasteiger partial charge in [0.05, 0.1) is 4.90 Å². The van der Waals surface area contributed by atoms with Crippen LogP contribution >= 0.6 is 12.4 Å². The molecule has 0 amide bonds. The molecule has 1 fully saturated rings. The zero-order chi connectivity index (χ0) is 15.3. The van der Waals surface area contributed by atoms with E-state index in [4.69, 9.17) is 0 Å². The molecule has 0 aliphatic carbocycles. The predicted octanol–water partition coefficient (Wildman–Crippen LogP) is 2.82. The summed E-state index contributed by atoms with van der Waals surface area (Å²) in [5, 5.41) is 0. The summed E-state index contributed by atoms with van der Waals surface area (Å²) in [7, 11) is -3.36. The first-order chi connectivity index (χ1) is 9.97. The summed E-state index contributed by atoms with van der Waals surface area (Å²) < 4.78 is 26.9. The second-order valence-corrected chi connectivity index (χ2v) is 7.86. The molecule has 2 rings (SSSR count). The van der Waals surface area contributed by atoms with Crippen LogP contribution in [-0.4, -0.2) is 39.5 Å². The minimum Gasteiger partial charge on any atom is -0.303 e. The van der Waals surface area contributed by atoms with Gasteiger partial charge in [0.15, 0.2) is 0 Å². The fraction of sp³-hybridized carbons (Fsp3) is 0.625. The van der Waals surface area contributed by atoms with Gasteiger partial charge in [0.2, 0.25) is 10.0 Å². The van der Waals surface area contributed by atoms with Crippen molar-refractivity contribution in [3.63, 3.8) is 0 Å². The van der Waals surface area contributed by atoms with Crippen molar-refractivity contribution in [2.75, 3.05) is 26.2 Å². The van der Waals surface area contributed by atoms with E-state index in [1.54, 1.807) is 12.1 Å². The Morgan fingerprint density at radius 1 is 1.18 bits per heavy atom. The van der Waals surface area contributed by atoms with Crippen LogP contribution in [0.4, 0.5) is 0 Å². The van der Waals surface area contributed by atoms with E-state index in [0.29, 0.717) is 11.4 Å². The lowest BCUT2D eigenvalue weighted by Gasteiger charge is -2.30. The van der Waals surface area contributed by atoms with E-state index >= 15 is 0 Å². The first kappa shape index (κ1) is 19.4. The fourth-order valence-corrected chi connectivity index (χ4v) is 3.67. The molecule has 4 nitrogen and oxygen atoms in total. The van der Waals surface area contributed by atoms with Crippen LogP contribution in [0.15, 0.2) is 29.2 Å². The van der Waals surface area contributed by atoms with Crippen LogP contribution in [0.25, 0.3) is 0 Å². The Kier molecular flexibility index (Phi) is 7.83. The molecule has 1 aliphatic rings. The smallest absolute Gasteiger partial charge is 0.240 e. The molecule has 0 radical (unpaired) electrons. The number of nitrogens with zero attached hydrogens (tertiary/aromatic N) is 1. The van der Waals surface area contributed by atoms with Crippen molar-refractivity contribution in [3.05, 3.63) is 29.8 Å². The Hall–Kier alpha value is -0.620. The number of rotatable bonds is 6. The molecule has 0 saturated carbocycles. The standard InChI is InChI=1S/C16H26N2O2S.ClH/c1-14-4-6-16(7-5-14)21(19,20)17-10-3-11-18-12-8-15(2)9-13-18;/h4-7,15,17H,3,8-13H2,1-2H3;1H. The van der Waals surface area contributed by atoms with Gasteiger partial charge in [-0.2, -0.15) is 0 Å². The third-order valence-electron chi connectivity index (χ3n) is 4.15. The number of nitrogens with one attached hydrogen (secondary N) is 1. The largest absolute Gasteiger partial charge is 0.303 e. The number of likely N-dealkylation sites (tertiary alicyclic amines) is 1. The number of benzene rings is 1. The maximum Gasteiger partial charge on any atom is 0.240 e. The Labute approximate surface area is 140 Å². The van der Waals surface area contributed by atoms with Gasteiger partial charge in [-0.25, -0.2) is 13.1 Å². The minimum absolute atomic E-state index is 0. The summed E-state index contributed by atoms with van der Waals surface area (Å²) >= 11 is 0. The van der Waals surface area contributed by atoms with Crippen LogP contribution in [0.1, 0.15) is 31.7 Å². The van der Waals surface area contributed by atoms with Gasteiger partial charge in [-0.1, -0.05) is 24.6 Å². The van der Waals surface area contributed by atoms with E-state index < -0.39 is 10.0 Å². The molecule has 0 atom stereocenters. The first-order valence-corrected chi connectivity index (χ1v) is 9.24. The average molecular weight is 347 g/mol. The van der Waals surface area contributed by atoms with E-state index in [1.807, 2.05) is 19.1 Å². The summed E-state index contributed by atoms with van der Waals surface area (Å²) in [6.07, 6.45) is 3.38. The topological polar surface area (TPSA) is 49.4 Å². The molecule has 0 aromatic heterocycles. The maximum atomic E-state index is 12.1. The molecule has 6 heteroatoms. The highest BCUT2D eigenvalue weighted by atomic mass is 35.5. The molecule has 1 heterocycles. The van der Waals surface area contributed by atoms with Gasteiger partial charge in [-0.05, 0) is 63.9 Å². The quantitative estimate of drug-likeness (QED) is 0.806. The van der Waals surface area contributed by atoms with Crippen LogP contribution < -0.4 is 4.72 Å². The first-order valence-electron chi connectivity index (χ1n) is 7.76. The third kappa shape index (κ3) is 5.88. The molecular formula is C16H27ClN2O2S. The zero-order valence-electron chi connectivity index (χ0n) is 13.4. The summed E-state index contributed by atoms with van der Waals surface area (Å²) in [5.41, 5.74) is 1.06. The van der Waals surface area contributed by atoms with Crippen molar-refractivity contribution in [2.45, 2.75) is 38.0 Å². The van der Waals surface area contributed by atoms with Gasteiger partial charge in [0.1, 0.15) is 0 Å². The number of sulfonamides is 1. The Morgan fingerprint density at radius 2 is 1.77 bits per heavy atom. The van der Waals surface area contributed by atoms with Crippen molar-refractivity contribution in [1.29, 1.82) is 0 Å². The molecule has 1 aliphatic heterocycles. The molecular weight excluding hydrogens is 320 g/mol. The normalized spacial score (nSPS) is 17.2. The molecule has 1 N–H and O–H groups in total. The van der Waals surface area contributed by atoms with Gasteiger partial charge >= 0.3 is 0 Å². The van der Waals surface area contributed by atoms with E-state index in [0.717, 1.165) is 37.5 Å². The van der Waals surface area contributed by atoms with E-state index in [9.17, 15) is 8.42 Å². The molecule has 0 unspecified atom stereocenters. The molecule has 22 heavy (non-hydrogen) atoms.